The first-order valence-electron chi connectivity index (χ1n) is 9.27. The maximum absolute atomic E-state index is 12.4. The molecule has 0 unspecified atom stereocenters. The maximum Gasteiger partial charge on any atom is 0.234 e. The maximum atomic E-state index is 12.4. The first-order chi connectivity index (χ1) is 15.2. The molecule has 0 bridgehead atoms. The molecule has 11 heteroatoms. The van der Waals surface area contributed by atoms with Crippen molar-refractivity contribution in [3.8, 4) is 11.5 Å². The fourth-order valence-electron chi connectivity index (χ4n) is 3.05. The number of halogens is 1. The van der Waals surface area contributed by atoms with Gasteiger partial charge in [-0.15, -0.1) is 5.10 Å². The molecular weight excluding hydrogens is 440 g/mol. The van der Waals surface area contributed by atoms with Crippen molar-refractivity contribution in [2.75, 3.05) is 17.9 Å². The van der Waals surface area contributed by atoms with Gasteiger partial charge in [-0.1, -0.05) is 40.7 Å². The van der Waals surface area contributed by atoms with Crippen LogP contribution in [0.25, 0.3) is 11.2 Å². The van der Waals surface area contributed by atoms with Crippen LogP contribution in [-0.4, -0.2) is 43.4 Å². The molecule has 2 aromatic heterocycles. The zero-order valence-electron chi connectivity index (χ0n) is 16.0. The van der Waals surface area contributed by atoms with Gasteiger partial charge in [-0.05, 0) is 29.8 Å². The van der Waals surface area contributed by atoms with E-state index in [4.69, 9.17) is 21.1 Å². The second-order valence-corrected chi connectivity index (χ2v) is 8.03. The molecule has 0 fully saturated rings. The number of ether oxygens (including phenoxy) is 2. The Kier molecular flexibility index (Phi) is 5.31. The minimum absolute atomic E-state index is 0.157. The van der Waals surface area contributed by atoms with Crippen molar-refractivity contribution in [1.82, 2.24) is 25.0 Å². The summed E-state index contributed by atoms with van der Waals surface area (Å²) in [6.45, 7) is 0.685. The lowest BCUT2D eigenvalue weighted by molar-refractivity contribution is -0.113. The quantitative estimate of drug-likeness (QED) is 0.349. The Bertz CT molecular complexity index is 1260. The smallest absolute Gasteiger partial charge is 0.234 e. The number of thioether (sulfide) groups is 1. The number of rotatable bonds is 6. The van der Waals surface area contributed by atoms with Gasteiger partial charge in [0.1, 0.15) is 11.4 Å². The van der Waals surface area contributed by atoms with Gasteiger partial charge in [0.05, 0.1) is 12.3 Å². The lowest BCUT2D eigenvalue weighted by Crippen LogP contribution is -2.14. The van der Waals surface area contributed by atoms with Crippen LogP contribution in [0.3, 0.4) is 0 Å². The number of anilines is 1. The second-order valence-electron chi connectivity index (χ2n) is 6.63. The predicted molar refractivity (Wildman–Crippen MR) is 116 cm³/mol. The van der Waals surface area contributed by atoms with E-state index in [-0.39, 0.29) is 18.5 Å². The van der Waals surface area contributed by atoms with Gasteiger partial charge in [0, 0.05) is 16.8 Å². The molecule has 1 amide bonds. The molecule has 31 heavy (non-hydrogen) atoms. The highest BCUT2D eigenvalue weighted by molar-refractivity contribution is 8.00. The summed E-state index contributed by atoms with van der Waals surface area (Å²) in [7, 11) is 0. The van der Waals surface area contributed by atoms with Crippen LogP contribution < -0.4 is 14.8 Å². The van der Waals surface area contributed by atoms with E-state index in [1.54, 1.807) is 22.9 Å². The van der Waals surface area contributed by atoms with Gasteiger partial charge in [0.15, 0.2) is 22.7 Å². The fraction of sp³-hybridized carbons (Fsp3) is 0.150. The summed E-state index contributed by atoms with van der Waals surface area (Å²) in [6, 6.07) is 12.8. The van der Waals surface area contributed by atoms with Crippen LogP contribution in [0.4, 0.5) is 5.69 Å². The largest absolute Gasteiger partial charge is 0.454 e. The Morgan fingerprint density at radius 1 is 1.13 bits per heavy atom. The summed E-state index contributed by atoms with van der Waals surface area (Å²) in [5.74, 6) is 1.26. The number of hydrogen-bond acceptors (Lipinski definition) is 8. The molecule has 5 rings (SSSR count). The summed E-state index contributed by atoms with van der Waals surface area (Å²) in [4.78, 5) is 21.0. The molecule has 0 radical (unpaired) electrons. The summed E-state index contributed by atoms with van der Waals surface area (Å²) in [5.41, 5.74) is 2.81. The Labute approximate surface area is 185 Å². The Morgan fingerprint density at radius 2 is 1.97 bits per heavy atom. The van der Waals surface area contributed by atoms with E-state index in [0.717, 1.165) is 5.56 Å². The average Bonchev–Trinajstić information content (AvgIpc) is 3.41. The van der Waals surface area contributed by atoms with Gasteiger partial charge < -0.3 is 14.8 Å². The molecule has 0 spiro atoms. The number of aromatic nitrogens is 5. The van der Waals surface area contributed by atoms with E-state index in [1.165, 1.54) is 18.1 Å². The van der Waals surface area contributed by atoms with Crippen LogP contribution in [0.1, 0.15) is 5.56 Å². The lowest BCUT2D eigenvalue weighted by Gasteiger charge is -2.06. The molecule has 0 aliphatic carbocycles. The Morgan fingerprint density at radius 3 is 2.84 bits per heavy atom. The molecule has 1 N–H and O–H groups in total. The van der Waals surface area contributed by atoms with Crippen molar-refractivity contribution < 1.29 is 14.3 Å². The third kappa shape index (κ3) is 4.25. The SMILES string of the molecule is O=C(CSc1ncnc2c1nnn2Cc1ccc(Cl)cc1)Nc1ccc2c(c1)OCO2. The molecular formula is C20H15ClN6O3S. The number of amides is 1. The Hall–Kier alpha value is -3.37. The third-order valence-electron chi connectivity index (χ3n) is 4.51. The van der Waals surface area contributed by atoms with Gasteiger partial charge in [-0.3, -0.25) is 4.79 Å². The van der Waals surface area contributed by atoms with Crippen molar-refractivity contribution >= 4 is 46.1 Å². The fourth-order valence-corrected chi connectivity index (χ4v) is 3.91. The summed E-state index contributed by atoms with van der Waals surface area (Å²) >= 11 is 7.21. The van der Waals surface area contributed by atoms with E-state index in [0.29, 0.717) is 44.9 Å². The number of hydrogen-bond donors (Lipinski definition) is 1. The Balaban J connectivity index is 1.26. The molecule has 0 atom stereocenters. The molecule has 0 saturated carbocycles. The average molecular weight is 455 g/mol. The van der Waals surface area contributed by atoms with Crippen molar-refractivity contribution in [2.45, 2.75) is 11.6 Å². The van der Waals surface area contributed by atoms with Gasteiger partial charge in [0.25, 0.3) is 0 Å². The van der Waals surface area contributed by atoms with Crippen LogP contribution in [-0.2, 0) is 11.3 Å². The first-order valence-corrected chi connectivity index (χ1v) is 10.6. The number of carbonyl (C=O) groups is 1. The van der Waals surface area contributed by atoms with Crippen LogP contribution in [0.5, 0.6) is 11.5 Å². The van der Waals surface area contributed by atoms with Crippen molar-refractivity contribution in [2.24, 2.45) is 0 Å². The molecule has 156 valence electrons. The van der Waals surface area contributed by atoms with Gasteiger partial charge in [-0.2, -0.15) is 0 Å². The summed E-state index contributed by atoms with van der Waals surface area (Å²) in [5, 5.41) is 12.5. The summed E-state index contributed by atoms with van der Waals surface area (Å²) < 4.78 is 12.3. The van der Waals surface area contributed by atoms with Crippen LogP contribution in [0, 0.1) is 0 Å². The van der Waals surface area contributed by atoms with Crippen LogP contribution in [0.15, 0.2) is 53.8 Å². The first kappa shape index (κ1) is 19.6. The van der Waals surface area contributed by atoms with Crippen molar-refractivity contribution in [1.29, 1.82) is 0 Å². The molecule has 1 aliphatic heterocycles. The molecule has 2 aromatic carbocycles. The van der Waals surface area contributed by atoms with Crippen LogP contribution >= 0.6 is 23.4 Å². The highest BCUT2D eigenvalue weighted by Gasteiger charge is 2.16. The van der Waals surface area contributed by atoms with Gasteiger partial charge in [-0.25, -0.2) is 14.6 Å². The standard InChI is InChI=1S/C20H15ClN6O3S/c21-13-3-1-12(2-4-13)8-27-19-18(25-26-27)20(23-10-22-19)31-9-17(28)24-14-5-6-15-16(7-14)30-11-29-15/h1-7,10H,8-9,11H2,(H,24,28). The minimum atomic E-state index is -0.177. The summed E-state index contributed by atoms with van der Waals surface area (Å²) in [6.07, 6.45) is 1.45. The minimum Gasteiger partial charge on any atom is -0.454 e. The third-order valence-corrected chi connectivity index (χ3v) is 5.74. The highest BCUT2D eigenvalue weighted by atomic mass is 35.5. The molecule has 3 heterocycles. The molecule has 1 aliphatic rings. The van der Waals surface area contributed by atoms with E-state index in [9.17, 15) is 4.79 Å². The monoisotopic (exact) mass is 454 g/mol. The van der Waals surface area contributed by atoms with E-state index in [2.05, 4.69) is 25.6 Å². The van der Waals surface area contributed by atoms with Gasteiger partial charge in [0.2, 0.25) is 12.7 Å². The second kappa shape index (κ2) is 8.40. The van der Waals surface area contributed by atoms with E-state index < -0.39 is 0 Å². The van der Waals surface area contributed by atoms with Crippen molar-refractivity contribution in [3.05, 3.63) is 59.4 Å². The molecule has 0 saturated heterocycles. The topological polar surface area (TPSA) is 104 Å². The zero-order valence-corrected chi connectivity index (χ0v) is 17.6. The number of nitrogens with one attached hydrogen (secondary N) is 1. The number of benzene rings is 2. The number of nitrogens with zero attached hydrogens (tertiary/aromatic N) is 5. The van der Waals surface area contributed by atoms with E-state index in [1.807, 2.05) is 24.3 Å². The highest BCUT2D eigenvalue weighted by Crippen LogP contribution is 2.34. The number of fused-ring (bicyclic) bond motifs is 2. The lowest BCUT2D eigenvalue weighted by atomic mass is 10.2. The molecule has 9 nitrogen and oxygen atoms in total. The van der Waals surface area contributed by atoms with Gasteiger partial charge >= 0.3 is 0 Å². The normalized spacial score (nSPS) is 12.3. The molecule has 4 aromatic rings. The van der Waals surface area contributed by atoms with Crippen LogP contribution in [0.2, 0.25) is 5.02 Å². The predicted octanol–water partition coefficient (Wildman–Crippen LogP) is 3.38. The van der Waals surface area contributed by atoms with Crippen molar-refractivity contribution in [3.63, 3.8) is 0 Å². The number of carbonyl (C=O) groups excluding carboxylic acids is 1. The zero-order chi connectivity index (χ0) is 21.2. The van der Waals surface area contributed by atoms with E-state index >= 15 is 0 Å².